The predicted molar refractivity (Wildman–Crippen MR) is 107 cm³/mol. The normalized spacial score (nSPS) is 21.9. The van der Waals surface area contributed by atoms with Crippen LogP contribution in [-0.4, -0.2) is 34.0 Å². The van der Waals surface area contributed by atoms with E-state index in [1.807, 2.05) is 31.2 Å². The van der Waals surface area contributed by atoms with Crippen LogP contribution in [0.1, 0.15) is 36.8 Å². The van der Waals surface area contributed by atoms with Crippen molar-refractivity contribution in [1.29, 1.82) is 0 Å². The zero-order valence-corrected chi connectivity index (χ0v) is 16.8. The molecule has 148 valence electrons. The summed E-state index contributed by atoms with van der Waals surface area (Å²) in [6.45, 7) is 2.54. The van der Waals surface area contributed by atoms with Crippen molar-refractivity contribution in [1.82, 2.24) is 5.32 Å². The highest BCUT2D eigenvalue weighted by atomic mass is 32.2. The van der Waals surface area contributed by atoms with E-state index >= 15 is 0 Å². The van der Waals surface area contributed by atoms with Crippen LogP contribution >= 0.6 is 0 Å². The van der Waals surface area contributed by atoms with Gasteiger partial charge in [0.1, 0.15) is 5.75 Å². The average Bonchev–Trinajstić information content (AvgIpc) is 3.13. The van der Waals surface area contributed by atoms with Crippen molar-refractivity contribution in [3.63, 3.8) is 0 Å². The van der Waals surface area contributed by atoms with Gasteiger partial charge < -0.3 is 10.1 Å². The Labute approximate surface area is 165 Å². The van der Waals surface area contributed by atoms with Gasteiger partial charge in [-0.1, -0.05) is 12.1 Å². The maximum absolute atomic E-state index is 13.4. The van der Waals surface area contributed by atoms with E-state index < -0.39 is 10.0 Å². The number of rotatable bonds is 4. The molecule has 0 bridgehead atoms. The lowest BCUT2D eigenvalue weighted by Crippen LogP contribution is -2.42. The Morgan fingerprint density at radius 2 is 1.89 bits per heavy atom. The number of nitrogens with zero attached hydrogens (tertiary/aromatic N) is 1. The Morgan fingerprint density at radius 3 is 2.54 bits per heavy atom. The second-order valence-electron chi connectivity index (χ2n) is 7.46. The molecule has 2 aliphatic rings. The molecule has 6 nitrogen and oxygen atoms in total. The maximum atomic E-state index is 13.4. The fourth-order valence-electron chi connectivity index (χ4n) is 4.06. The molecule has 0 radical (unpaired) electrons. The number of fused-ring (bicyclic) bond motifs is 1. The van der Waals surface area contributed by atoms with Crippen LogP contribution in [0.2, 0.25) is 0 Å². The van der Waals surface area contributed by atoms with E-state index in [-0.39, 0.29) is 22.8 Å². The Balaban J connectivity index is 1.67. The number of carbonyl (C=O) groups is 1. The molecule has 2 aliphatic heterocycles. The second-order valence-corrected chi connectivity index (χ2v) is 9.27. The minimum Gasteiger partial charge on any atom is -0.497 e. The first-order valence-electron chi connectivity index (χ1n) is 9.48. The van der Waals surface area contributed by atoms with Crippen molar-refractivity contribution < 1.29 is 17.9 Å². The Kier molecular flexibility index (Phi) is 4.79. The molecule has 0 spiro atoms. The van der Waals surface area contributed by atoms with E-state index in [9.17, 15) is 13.2 Å². The van der Waals surface area contributed by atoms with Crippen LogP contribution in [-0.2, 0) is 21.2 Å². The summed E-state index contributed by atoms with van der Waals surface area (Å²) in [4.78, 5) is 11.7. The topological polar surface area (TPSA) is 75.7 Å². The van der Waals surface area contributed by atoms with Crippen molar-refractivity contribution in [2.75, 3.05) is 18.0 Å². The summed E-state index contributed by atoms with van der Waals surface area (Å²) in [5, 5.41) is 2.82. The maximum Gasteiger partial charge on any atom is 0.264 e. The third-order valence-corrected chi connectivity index (χ3v) is 7.58. The highest BCUT2D eigenvalue weighted by Crippen LogP contribution is 2.37. The largest absolute Gasteiger partial charge is 0.497 e. The molecule has 0 unspecified atom stereocenters. The van der Waals surface area contributed by atoms with Crippen LogP contribution < -0.4 is 14.4 Å². The molecule has 7 heteroatoms. The van der Waals surface area contributed by atoms with E-state index in [0.717, 1.165) is 29.7 Å². The summed E-state index contributed by atoms with van der Waals surface area (Å²) in [6.07, 6.45) is 2.03. The zero-order valence-electron chi connectivity index (χ0n) is 16.0. The van der Waals surface area contributed by atoms with Crippen LogP contribution in [0.25, 0.3) is 0 Å². The quantitative estimate of drug-likeness (QED) is 0.856. The summed E-state index contributed by atoms with van der Waals surface area (Å²) in [7, 11) is -2.08. The van der Waals surface area contributed by atoms with Crippen LogP contribution in [0, 0.1) is 0 Å². The van der Waals surface area contributed by atoms with Crippen molar-refractivity contribution in [3.05, 3.63) is 53.6 Å². The van der Waals surface area contributed by atoms with E-state index in [0.29, 0.717) is 18.7 Å². The third kappa shape index (κ3) is 3.24. The first kappa shape index (κ1) is 18.8. The molecule has 1 fully saturated rings. The summed E-state index contributed by atoms with van der Waals surface area (Å²) >= 11 is 0. The number of hydrogen-bond donors (Lipinski definition) is 1. The molecular weight excluding hydrogens is 376 g/mol. The molecule has 1 saturated heterocycles. The number of carbonyl (C=O) groups excluding carboxylic acids is 1. The number of anilines is 1. The molecule has 0 aromatic heterocycles. The molecule has 0 saturated carbocycles. The summed E-state index contributed by atoms with van der Waals surface area (Å²) in [5.41, 5.74) is 2.68. The summed E-state index contributed by atoms with van der Waals surface area (Å²) < 4.78 is 33.7. The van der Waals surface area contributed by atoms with Gasteiger partial charge in [0.2, 0.25) is 5.91 Å². The number of hydrogen-bond acceptors (Lipinski definition) is 4. The highest BCUT2D eigenvalue weighted by Gasteiger charge is 2.34. The van der Waals surface area contributed by atoms with Gasteiger partial charge in [-0.15, -0.1) is 0 Å². The number of benzene rings is 2. The molecule has 2 aromatic rings. The van der Waals surface area contributed by atoms with E-state index in [1.165, 1.54) is 4.31 Å². The molecule has 28 heavy (non-hydrogen) atoms. The van der Waals surface area contributed by atoms with Crippen LogP contribution in [0.4, 0.5) is 5.69 Å². The number of ether oxygens (including phenoxy) is 1. The molecule has 2 heterocycles. The van der Waals surface area contributed by atoms with Crippen molar-refractivity contribution in [3.8, 4) is 5.75 Å². The van der Waals surface area contributed by atoms with Crippen LogP contribution in [0.3, 0.4) is 0 Å². The van der Waals surface area contributed by atoms with E-state index in [4.69, 9.17) is 4.74 Å². The second kappa shape index (κ2) is 7.13. The first-order chi connectivity index (χ1) is 13.4. The smallest absolute Gasteiger partial charge is 0.264 e. The fourth-order valence-corrected chi connectivity index (χ4v) is 5.78. The van der Waals surface area contributed by atoms with E-state index in [2.05, 4.69) is 5.32 Å². The van der Waals surface area contributed by atoms with Crippen molar-refractivity contribution >= 4 is 21.6 Å². The number of sulfonamides is 1. The SMILES string of the molecule is COc1ccc2c(c1)CC[C@H](C)N2S(=O)(=O)c1ccc([C@@H]2CNC(=O)C2)cc1. The highest BCUT2D eigenvalue weighted by molar-refractivity contribution is 7.92. The summed E-state index contributed by atoms with van der Waals surface area (Å²) in [6, 6.07) is 12.4. The van der Waals surface area contributed by atoms with Gasteiger partial charge in [0.15, 0.2) is 0 Å². The minimum absolute atomic E-state index is 0.0378. The van der Waals surface area contributed by atoms with Gasteiger partial charge in [-0.3, -0.25) is 9.10 Å². The van der Waals surface area contributed by atoms with Gasteiger partial charge in [-0.2, -0.15) is 0 Å². The molecule has 4 rings (SSSR count). The minimum atomic E-state index is -3.69. The fraction of sp³-hybridized carbons (Fsp3) is 0.381. The van der Waals surface area contributed by atoms with Crippen LogP contribution in [0.5, 0.6) is 5.75 Å². The monoisotopic (exact) mass is 400 g/mol. The van der Waals surface area contributed by atoms with Gasteiger partial charge in [0.05, 0.1) is 17.7 Å². The van der Waals surface area contributed by atoms with Gasteiger partial charge in [-0.25, -0.2) is 8.42 Å². The average molecular weight is 401 g/mol. The molecule has 1 N–H and O–H groups in total. The number of nitrogens with one attached hydrogen (secondary N) is 1. The number of methoxy groups -OCH3 is 1. The van der Waals surface area contributed by atoms with E-state index in [1.54, 1.807) is 25.3 Å². The first-order valence-corrected chi connectivity index (χ1v) is 10.9. The van der Waals surface area contributed by atoms with Gasteiger partial charge >= 0.3 is 0 Å². The third-order valence-electron chi connectivity index (χ3n) is 5.64. The van der Waals surface area contributed by atoms with Crippen molar-refractivity contribution in [2.24, 2.45) is 0 Å². The lowest BCUT2D eigenvalue weighted by atomic mass is 9.98. The lowest BCUT2D eigenvalue weighted by Gasteiger charge is -2.36. The Bertz CT molecular complexity index is 1000. The summed E-state index contributed by atoms with van der Waals surface area (Å²) in [5.74, 6) is 0.872. The lowest BCUT2D eigenvalue weighted by molar-refractivity contribution is -0.119. The van der Waals surface area contributed by atoms with Gasteiger partial charge in [-0.05, 0) is 61.2 Å². The predicted octanol–water partition coefficient (Wildman–Crippen LogP) is 2.83. The van der Waals surface area contributed by atoms with Gasteiger partial charge in [0.25, 0.3) is 10.0 Å². The molecular formula is C21H24N2O4S. The number of amides is 1. The van der Waals surface area contributed by atoms with Gasteiger partial charge in [0, 0.05) is 24.9 Å². The molecule has 2 aromatic carbocycles. The number of aryl methyl sites for hydroxylation is 1. The Morgan fingerprint density at radius 1 is 1.14 bits per heavy atom. The van der Waals surface area contributed by atoms with Crippen LogP contribution in [0.15, 0.2) is 47.4 Å². The standard InChI is InChI=1S/C21H24N2O4S/c1-14-3-4-16-11-18(27-2)7-10-20(16)23(14)28(25,26)19-8-5-15(6-9-19)17-12-21(24)22-13-17/h5-11,14,17H,3-4,12-13H2,1-2H3,(H,22,24)/t14-,17-/m0/s1. The van der Waals surface area contributed by atoms with Crippen molar-refractivity contribution in [2.45, 2.75) is 43.0 Å². The molecule has 0 aliphatic carbocycles. The zero-order chi connectivity index (χ0) is 19.9. The molecule has 1 amide bonds. The Hall–Kier alpha value is -2.54. The molecule has 2 atom stereocenters.